The molecular formula is C13H24N4O2. The fourth-order valence-corrected chi connectivity index (χ4v) is 2.74. The Morgan fingerprint density at radius 1 is 1.37 bits per heavy atom. The summed E-state index contributed by atoms with van der Waals surface area (Å²) in [5.41, 5.74) is 11.2. The molecule has 4 N–H and O–H groups in total. The Kier molecular flexibility index (Phi) is 4.63. The number of guanidine groups is 1. The number of nitrogens with zero attached hydrogens (tertiary/aromatic N) is 2. The molecule has 2 rings (SSSR count). The van der Waals surface area contributed by atoms with Crippen molar-refractivity contribution >= 4 is 11.9 Å². The van der Waals surface area contributed by atoms with E-state index in [4.69, 9.17) is 16.2 Å². The van der Waals surface area contributed by atoms with Gasteiger partial charge in [-0.1, -0.05) is 6.92 Å². The standard InChI is InChI=1S/C13H24N4O2/c1-9-3-2-6-17(8-9)13(15)16-7-10-4-5-11(19-10)12(14)18/h9-11H,2-8H2,1H3,(H2,14,18)(H2,15,16). The van der Waals surface area contributed by atoms with E-state index >= 15 is 0 Å². The monoisotopic (exact) mass is 268 g/mol. The molecule has 2 saturated heterocycles. The molecule has 0 aromatic heterocycles. The van der Waals surface area contributed by atoms with Crippen molar-refractivity contribution in [2.45, 2.75) is 44.8 Å². The average Bonchev–Trinajstić information content (AvgIpc) is 2.85. The summed E-state index contributed by atoms with van der Waals surface area (Å²) in [5.74, 6) is 0.881. The number of aliphatic imine (C=N–C) groups is 1. The summed E-state index contributed by atoms with van der Waals surface area (Å²) in [5, 5.41) is 0. The second-order valence-electron chi connectivity index (χ2n) is 5.62. The lowest BCUT2D eigenvalue weighted by Crippen LogP contribution is -2.43. The number of hydrogen-bond acceptors (Lipinski definition) is 3. The molecule has 0 spiro atoms. The van der Waals surface area contributed by atoms with Crippen LogP contribution >= 0.6 is 0 Å². The Hall–Kier alpha value is -1.30. The van der Waals surface area contributed by atoms with Crippen molar-refractivity contribution in [1.82, 2.24) is 4.90 Å². The molecule has 108 valence electrons. The summed E-state index contributed by atoms with van der Waals surface area (Å²) in [6.07, 6.45) is 3.46. The number of piperidine rings is 1. The lowest BCUT2D eigenvalue weighted by atomic mass is 10.0. The first-order chi connectivity index (χ1) is 9.06. The topological polar surface area (TPSA) is 93.9 Å². The maximum absolute atomic E-state index is 11.0. The van der Waals surface area contributed by atoms with Gasteiger partial charge in [-0.2, -0.15) is 0 Å². The lowest BCUT2D eigenvalue weighted by molar-refractivity contribution is -0.128. The first-order valence-electron chi connectivity index (χ1n) is 7.06. The van der Waals surface area contributed by atoms with Gasteiger partial charge in [-0.05, 0) is 31.6 Å². The van der Waals surface area contributed by atoms with Crippen molar-refractivity contribution in [1.29, 1.82) is 0 Å². The van der Waals surface area contributed by atoms with E-state index in [0.717, 1.165) is 19.5 Å². The minimum absolute atomic E-state index is 0.0294. The minimum atomic E-state index is -0.448. The number of ether oxygens (including phenoxy) is 1. The van der Waals surface area contributed by atoms with Crippen molar-refractivity contribution in [2.24, 2.45) is 22.4 Å². The molecule has 2 aliphatic heterocycles. The van der Waals surface area contributed by atoms with Crippen LogP contribution in [-0.4, -0.2) is 48.6 Å². The molecule has 2 heterocycles. The average molecular weight is 268 g/mol. The Bertz CT molecular complexity index is 359. The van der Waals surface area contributed by atoms with Gasteiger partial charge in [0.25, 0.3) is 0 Å². The Labute approximate surface area is 114 Å². The van der Waals surface area contributed by atoms with Crippen LogP contribution in [0.1, 0.15) is 32.6 Å². The van der Waals surface area contributed by atoms with Crippen molar-refractivity contribution in [3.63, 3.8) is 0 Å². The predicted octanol–water partition coefficient (Wildman–Crippen LogP) is 0.0659. The van der Waals surface area contributed by atoms with Gasteiger partial charge in [0.05, 0.1) is 12.6 Å². The molecule has 0 aromatic rings. The van der Waals surface area contributed by atoms with Crippen LogP contribution in [-0.2, 0) is 9.53 Å². The van der Waals surface area contributed by atoms with Gasteiger partial charge in [0.15, 0.2) is 5.96 Å². The fraction of sp³-hybridized carbons (Fsp3) is 0.846. The number of carbonyl (C=O) groups is 1. The van der Waals surface area contributed by atoms with E-state index in [9.17, 15) is 4.79 Å². The highest BCUT2D eigenvalue weighted by atomic mass is 16.5. The minimum Gasteiger partial charge on any atom is -0.370 e. The highest BCUT2D eigenvalue weighted by Gasteiger charge is 2.29. The van der Waals surface area contributed by atoms with Crippen molar-refractivity contribution < 1.29 is 9.53 Å². The smallest absolute Gasteiger partial charge is 0.246 e. The zero-order valence-electron chi connectivity index (χ0n) is 11.5. The molecule has 1 amide bonds. The summed E-state index contributed by atoms with van der Waals surface area (Å²) in [4.78, 5) is 17.5. The second kappa shape index (κ2) is 6.23. The van der Waals surface area contributed by atoms with E-state index in [2.05, 4.69) is 16.8 Å². The third kappa shape index (κ3) is 3.83. The number of rotatable bonds is 3. The Morgan fingerprint density at radius 3 is 2.79 bits per heavy atom. The van der Waals surface area contributed by atoms with Gasteiger partial charge in [-0.25, -0.2) is 0 Å². The highest BCUT2D eigenvalue weighted by Crippen LogP contribution is 2.20. The van der Waals surface area contributed by atoms with E-state index in [1.54, 1.807) is 0 Å². The van der Waals surface area contributed by atoms with E-state index in [-0.39, 0.29) is 12.0 Å². The van der Waals surface area contributed by atoms with Gasteiger partial charge in [-0.3, -0.25) is 9.79 Å². The number of carbonyl (C=O) groups excluding carboxylic acids is 1. The van der Waals surface area contributed by atoms with E-state index in [0.29, 0.717) is 24.8 Å². The normalized spacial score (nSPS) is 32.6. The van der Waals surface area contributed by atoms with Crippen LogP contribution in [0.3, 0.4) is 0 Å². The molecule has 0 radical (unpaired) electrons. The summed E-state index contributed by atoms with van der Waals surface area (Å²) < 4.78 is 5.53. The van der Waals surface area contributed by atoms with Gasteiger partial charge in [0.2, 0.25) is 5.91 Å². The number of hydrogen-bond donors (Lipinski definition) is 2. The number of primary amides is 1. The third-order valence-electron chi connectivity index (χ3n) is 3.86. The quantitative estimate of drug-likeness (QED) is 0.559. The third-order valence-corrected chi connectivity index (χ3v) is 3.86. The maximum Gasteiger partial charge on any atom is 0.246 e. The molecular weight excluding hydrogens is 244 g/mol. The summed E-state index contributed by atoms with van der Waals surface area (Å²) in [6.45, 7) is 4.71. The van der Waals surface area contributed by atoms with Crippen LogP contribution in [0.5, 0.6) is 0 Å². The molecule has 6 nitrogen and oxygen atoms in total. The van der Waals surface area contributed by atoms with Gasteiger partial charge in [0, 0.05) is 13.1 Å². The first-order valence-corrected chi connectivity index (χ1v) is 7.06. The molecule has 6 heteroatoms. The number of nitrogens with two attached hydrogens (primary N) is 2. The highest BCUT2D eigenvalue weighted by molar-refractivity contribution is 5.79. The molecule has 3 unspecified atom stereocenters. The van der Waals surface area contributed by atoms with Crippen LogP contribution < -0.4 is 11.5 Å². The van der Waals surface area contributed by atoms with Crippen LogP contribution in [0.2, 0.25) is 0 Å². The maximum atomic E-state index is 11.0. The largest absolute Gasteiger partial charge is 0.370 e. The van der Waals surface area contributed by atoms with Crippen LogP contribution in [0, 0.1) is 5.92 Å². The molecule has 0 aliphatic carbocycles. The number of amides is 1. The SMILES string of the molecule is CC1CCCN(C(N)=NCC2CCC(C(N)=O)O2)C1. The van der Waals surface area contributed by atoms with Crippen LogP contribution in [0.25, 0.3) is 0 Å². The van der Waals surface area contributed by atoms with Gasteiger partial charge >= 0.3 is 0 Å². The molecule has 0 bridgehead atoms. The van der Waals surface area contributed by atoms with E-state index < -0.39 is 6.10 Å². The van der Waals surface area contributed by atoms with Crippen LogP contribution in [0.4, 0.5) is 0 Å². The van der Waals surface area contributed by atoms with Crippen molar-refractivity contribution in [3.8, 4) is 0 Å². The molecule has 2 aliphatic rings. The van der Waals surface area contributed by atoms with Gasteiger partial charge in [0.1, 0.15) is 6.10 Å². The molecule has 19 heavy (non-hydrogen) atoms. The van der Waals surface area contributed by atoms with Gasteiger partial charge < -0.3 is 21.1 Å². The van der Waals surface area contributed by atoms with Crippen molar-refractivity contribution in [3.05, 3.63) is 0 Å². The summed E-state index contributed by atoms with van der Waals surface area (Å²) >= 11 is 0. The fourth-order valence-electron chi connectivity index (χ4n) is 2.74. The zero-order valence-corrected chi connectivity index (χ0v) is 11.5. The second-order valence-corrected chi connectivity index (χ2v) is 5.62. The van der Waals surface area contributed by atoms with E-state index in [1.807, 2.05) is 0 Å². The lowest BCUT2D eigenvalue weighted by Gasteiger charge is -2.31. The number of likely N-dealkylation sites (tertiary alicyclic amines) is 1. The first kappa shape index (κ1) is 14.1. The predicted molar refractivity (Wildman–Crippen MR) is 73.5 cm³/mol. The van der Waals surface area contributed by atoms with E-state index in [1.165, 1.54) is 12.8 Å². The molecule has 3 atom stereocenters. The molecule has 2 fully saturated rings. The van der Waals surface area contributed by atoms with Crippen molar-refractivity contribution in [2.75, 3.05) is 19.6 Å². The summed E-state index contributed by atoms with van der Waals surface area (Å²) in [6, 6.07) is 0. The van der Waals surface area contributed by atoms with Crippen LogP contribution in [0.15, 0.2) is 4.99 Å². The molecule has 0 aromatic carbocycles. The summed E-state index contributed by atoms with van der Waals surface area (Å²) in [7, 11) is 0. The Morgan fingerprint density at radius 2 is 2.16 bits per heavy atom. The Balaban J connectivity index is 1.80. The molecule has 0 saturated carbocycles. The zero-order chi connectivity index (χ0) is 13.8. The van der Waals surface area contributed by atoms with Gasteiger partial charge in [-0.15, -0.1) is 0 Å².